The third-order valence-corrected chi connectivity index (χ3v) is 5.67. The van der Waals surface area contributed by atoms with Gasteiger partial charge in [-0.1, -0.05) is 24.3 Å². The predicted octanol–water partition coefficient (Wildman–Crippen LogP) is 3.90. The van der Waals surface area contributed by atoms with Crippen LogP contribution in [0.2, 0.25) is 0 Å². The van der Waals surface area contributed by atoms with Crippen molar-refractivity contribution in [3.05, 3.63) is 64.8 Å². The first kappa shape index (κ1) is 18.7. The van der Waals surface area contributed by atoms with Crippen molar-refractivity contribution >= 4 is 40.3 Å². The second-order valence-electron chi connectivity index (χ2n) is 6.52. The number of benzene rings is 2. The summed E-state index contributed by atoms with van der Waals surface area (Å²) in [5.74, 6) is -0.435. The number of para-hydroxylation sites is 1. The number of aliphatic imine (C=N–C) groups is 1. The summed E-state index contributed by atoms with van der Waals surface area (Å²) in [5.41, 5.74) is 2.01. The van der Waals surface area contributed by atoms with Gasteiger partial charge in [0, 0.05) is 20.1 Å². The van der Waals surface area contributed by atoms with Crippen LogP contribution in [0.1, 0.15) is 5.56 Å². The molecular weight excluding hydrogens is 377 g/mol. The van der Waals surface area contributed by atoms with Gasteiger partial charge in [-0.15, -0.1) is 0 Å². The van der Waals surface area contributed by atoms with E-state index in [0.29, 0.717) is 47.6 Å². The molecule has 0 radical (unpaired) electrons. The van der Waals surface area contributed by atoms with E-state index >= 15 is 0 Å². The number of amides is 1. The largest absolute Gasteiger partial charge is 0.378 e. The summed E-state index contributed by atoms with van der Waals surface area (Å²) in [6.45, 7) is 2.56. The molecule has 0 saturated carbocycles. The first-order valence-electron chi connectivity index (χ1n) is 9.05. The Bertz CT molecular complexity index is 940. The summed E-state index contributed by atoms with van der Waals surface area (Å²) in [7, 11) is 1.69. The fourth-order valence-electron chi connectivity index (χ4n) is 3.09. The number of rotatable bonds is 3. The monoisotopic (exact) mass is 397 g/mol. The average Bonchev–Trinajstić information content (AvgIpc) is 2.97. The minimum absolute atomic E-state index is 0.141. The Morgan fingerprint density at radius 3 is 2.61 bits per heavy atom. The van der Waals surface area contributed by atoms with Crippen LogP contribution in [0, 0.1) is 5.82 Å². The number of hydrogen-bond acceptors (Lipinski definition) is 5. The molecule has 28 heavy (non-hydrogen) atoms. The molecule has 0 N–H and O–H groups in total. The van der Waals surface area contributed by atoms with Crippen molar-refractivity contribution < 1.29 is 13.9 Å². The van der Waals surface area contributed by atoms with Crippen molar-refractivity contribution in [3.63, 3.8) is 0 Å². The van der Waals surface area contributed by atoms with Gasteiger partial charge in [0.05, 0.1) is 29.5 Å². The van der Waals surface area contributed by atoms with Crippen LogP contribution < -0.4 is 4.90 Å². The molecule has 0 aliphatic carbocycles. The van der Waals surface area contributed by atoms with Crippen molar-refractivity contribution in [2.45, 2.75) is 0 Å². The van der Waals surface area contributed by atoms with Crippen molar-refractivity contribution in [1.29, 1.82) is 0 Å². The van der Waals surface area contributed by atoms with E-state index in [2.05, 4.69) is 4.99 Å². The highest BCUT2D eigenvalue weighted by Crippen LogP contribution is 2.33. The number of ether oxygens (including phenoxy) is 1. The van der Waals surface area contributed by atoms with E-state index in [1.165, 1.54) is 22.7 Å². The zero-order valence-corrected chi connectivity index (χ0v) is 16.3. The first-order valence-corrected chi connectivity index (χ1v) is 9.87. The van der Waals surface area contributed by atoms with Crippen LogP contribution in [0.4, 0.5) is 15.8 Å². The number of morpholine rings is 1. The molecular formula is C21H20FN3O2S. The Morgan fingerprint density at radius 2 is 1.89 bits per heavy atom. The number of carbonyl (C=O) groups is 1. The zero-order chi connectivity index (χ0) is 19.5. The molecule has 2 saturated heterocycles. The Morgan fingerprint density at radius 1 is 1.14 bits per heavy atom. The summed E-state index contributed by atoms with van der Waals surface area (Å²) >= 11 is 1.29. The van der Waals surface area contributed by atoms with Gasteiger partial charge in [0.1, 0.15) is 5.82 Å². The molecule has 0 atom stereocenters. The van der Waals surface area contributed by atoms with Gasteiger partial charge in [0.25, 0.3) is 5.91 Å². The number of thioether (sulfide) groups is 1. The van der Waals surface area contributed by atoms with Gasteiger partial charge in [0.15, 0.2) is 5.17 Å². The van der Waals surface area contributed by atoms with Gasteiger partial charge in [-0.25, -0.2) is 9.38 Å². The van der Waals surface area contributed by atoms with Crippen LogP contribution in [0.15, 0.2) is 58.4 Å². The first-order chi connectivity index (χ1) is 13.6. The van der Waals surface area contributed by atoms with Gasteiger partial charge >= 0.3 is 0 Å². The summed E-state index contributed by atoms with van der Waals surface area (Å²) in [4.78, 5) is 21.1. The van der Waals surface area contributed by atoms with Crippen LogP contribution in [0.3, 0.4) is 0 Å². The summed E-state index contributed by atoms with van der Waals surface area (Å²) in [6, 6.07) is 14.5. The maximum absolute atomic E-state index is 14.6. The summed E-state index contributed by atoms with van der Waals surface area (Å²) < 4.78 is 19.9. The Balaban J connectivity index is 1.56. The zero-order valence-electron chi connectivity index (χ0n) is 15.5. The molecule has 0 spiro atoms. The minimum Gasteiger partial charge on any atom is -0.378 e. The number of halogens is 1. The lowest BCUT2D eigenvalue weighted by atomic mass is 10.1. The van der Waals surface area contributed by atoms with Gasteiger partial charge in [-0.2, -0.15) is 0 Å². The normalized spacial score (nSPS) is 20.4. The highest BCUT2D eigenvalue weighted by Gasteiger charge is 2.30. The average molecular weight is 397 g/mol. The van der Waals surface area contributed by atoms with Crippen LogP contribution in [-0.2, 0) is 9.53 Å². The fourth-order valence-corrected chi connectivity index (χ4v) is 4.08. The van der Waals surface area contributed by atoms with Crippen LogP contribution in [0.25, 0.3) is 6.08 Å². The molecule has 2 aromatic carbocycles. The lowest BCUT2D eigenvalue weighted by molar-refractivity contribution is -0.121. The Labute approximate surface area is 167 Å². The predicted molar refractivity (Wildman–Crippen MR) is 111 cm³/mol. The molecule has 144 valence electrons. The van der Waals surface area contributed by atoms with E-state index in [1.807, 2.05) is 41.3 Å². The van der Waals surface area contributed by atoms with Crippen LogP contribution in [0.5, 0.6) is 0 Å². The van der Waals surface area contributed by atoms with Crippen molar-refractivity contribution in [2.24, 2.45) is 4.99 Å². The number of hydrogen-bond donors (Lipinski definition) is 0. The molecule has 1 amide bonds. The van der Waals surface area contributed by atoms with Gasteiger partial charge in [-0.05, 0) is 47.7 Å². The molecule has 2 aromatic rings. The molecule has 0 bridgehead atoms. The molecule has 2 heterocycles. The van der Waals surface area contributed by atoms with E-state index < -0.39 is 0 Å². The third-order valence-electron chi connectivity index (χ3n) is 4.61. The summed E-state index contributed by atoms with van der Waals surface area (Å²) in [5, 5.41) is 0.604. The quantitative estimate of drug-likeness (QED) is 0.737. The molecule has 0 aromatic heterocycles. The van der Waals surface area contributed by atoms with Crippen molar-refractivity contribution in [2.75, 3.05) is 38.3 Å². The van der Waals surface area contributed by atoms with E-state index in [9.17, 15) is 9.18 Å². The Kier molecular flexibility index (Phi) is 5.45. The number of likely N-dealkylation sites (N-methyl/N-ethyl adjacent to an activating group) is 1. The summed E-state index contributed by atoms with van der Waals surface area (Å²) in [6.07, 6.45) is 1.71. The molecule has 2 fully saturated rings. The molecule has 5 nitrogen and oxygen atoms in total. The molecule has 7 heteroatoms. The van der Waals surface area contributed by atoms with E-state index in [4.69, 9.17) is 4.74 Å². The lowest BCUT2D eigenvalue weighted by Gasteiger charge is -2.29. The van der Waals surface area contributed by atoms with Gasteiger partial charge < -0.3 is 9.64 Å². The highest BCUT2D eigenvalue weighted by atomic mass is 32.2. The Hall–Kier alpha value is -2.64. The topological polar surface area (TPSA) is 45.1 Å². The third kappa shape index (κ3) is 3.95. The maximum Gasteiger partial charge on any atom is 0.266 e. The lowest BCUT2D eigenvalue weighted by Crippen LogP contribution is -2.36. The molecule has 0 unspecified atom stereocenters. The van der Waals surface area contributed by atoms with Gasteiger partial charge in [-0.3, -0.25) is 9.69 Å². The minimum atomic E-state index is -0.293. The maximum atomic E-state index is 14.6. The standard InChI is InChI=1S/C21H20FN3O2S/c1-24-20(26)19(28-21(24)23-16-5-3-2-4-6-16)14-15-7-8-18(17(22)13-15)25-9-11-27-12-10-25/h2-8,13-14H,9-12H2,1H3/b19-14-,23-21?. The second-order valence-corrected chi connectivity index (χ2v) is 7.52. The van der Waals surface area contributed by atoms with Gasteiger partial charge in [0.2, 0.25) is 0 Å². The number of amidine groups is 1. The van der Waals surface area contributed by atoms with Crippen LogP contribution in [-0.4, -0.2) is 49.3 Å². The highest BCUT2D eigenvalue weighted by molar-refractivity contribution is 8.18. The molecule has 4 rings (SSSR count). The molecule has 2 aliphatic heterocycles. The SMILES string of the molecule is CN1C(=O)/C(=C/c2ccc(N3CCOCC3)c(F)c2)SC1=Nc1ccccc1. The number of anilines is 1. The fraction of sp³-hybridized carbons (Fsp3) is 0.238. The number of carbonyl (C=O) groups excluding carboxylic acids is 1. The van der Waals surface area contributed by atoms with E-state index in [1.54, 1.807) is 19.2 Å². The number of nitrogens with zero attached hydrogens (tertiary/aromatic N) is 3. The smallest absolute Gasteiger partial charge is 0.266 e. The van der Waals surface area contributed by atoms with E-state index in [-0.39, 0.29) is 11.7 Å². The van der Waals surface area contributed by atoms with Crippen LogP contribution >= 0.6 is 11.8 Å². The molecule has 2 aliphatic rings. The van der Waals surface area contributed by atoms with Crippen molar-refractivity contribution in [3.8, 4) is 0 Å². The van der Waals surface area contributed by atoms with E-state index in [0.717, 1.165) is 5.69 Å². The second kappa shape index (κ2) is 8.16. The van der Waals surface area contributed by atoms with Crippen molar-refractivity contribution in [1.82, 2.24) is 4.90 Å².